The molecule has 0 nitrogen and oxygen atoms in total. The Hall–Kier alpha value is -2.23. The van der Waals surface area contributed by atoms with Crippen molar-refractivity contribution in [2.75, 3.05) is 0 Å². The second kappa shape index (κ2) is 8.92. The van der Waals surface area contributed by atoms with Gasteiger partial charge in [-0.1, -0.05) is 96.1 Å². The molecule has 0 amide bonds. The maximum Gasteiger partial charge on any atom is 0.131 e. The largest absolute Gasteiger partial charge is 0.206 e. The predicted octanol–water partition coefficient (Wildman–Crippen LogP) is 10.5. The molecule has 0 aromatic heterocycles. The lowest BCUT2D eigenvalue weighted by atomic mass is 9.82. The molecule has 1 aliphatic rings. The molecule has 0 saturated carbocycles. The quantitative estimate of drug-likeness (QED) is 0.184. The smallest absolute Gasteiger partial charge is 0.131 e. The second-order valence-electron chi connectivity index (χ2n) is 12.7. The van der Waals surface area contributed by atoms with E-state index in [1.54, 1.807) is 0 Å². The molecule has 0 radical (unpaired) electrons. The summed E-state index contributed by atoms with van der Waals surface area (Å²) in [6.07, 6.45) is 0. The minimum Gasteiger partial charge on any atom is -0.206 e. The fraction of sp³-hybridized carbons (Fsp3) is 0.353. The predicted molar refractivity (Wildman–Crippen MR) is 164 cm³/mol. The van der Waals surface area contributed by atoms with E-state index in [2.05, 4.69) is 96.1 Å². The molecule has 190 valence electrons. The summed E-state index contributed by atoms with van der Waals surface area (Å²) in [5.74, 6) is 3.15. The van der Waals surface area contributed by atoms with Crippen molar-refractivity contribution in [2.45, 2.75) is 75.4 Å². The third-order valence-corrected chi connectivity index (χ3v) is 9.93. The summed E-state index contributed by atoms with van der Waals surface area (Å²) in [5, 5.41) is 8.15. The van der Waals surface area contributed by atoms with Gasteiger partial charge in [-0.05, 0) is 76.5 Å². The summed E-state index contributed by atoms with van der Waals surface area (Å²) in [6, 6.07) is 20.7. The van der Waals surface area contributed by atoms with Gasteiger partial charge in [0.05, 0.1) is 0 Å². The van der Waals surface area contributed by atoms with E-state index in [1.807, 2.05) is 23.5 Å². The molecule has 4 bridgehead atoms. The molecule has 1 heterocycles. The molecule has 0 aliphatic carbocycles. The van der Waals surface area contributed by atoms with Crippen LogP contribution in [-0.4, -0.2) is 0 Å². The first-order valence-electron chi connectivity index (χ1n) is 13.2. The molecule has 0 saturated heterocycles. The zero-order valence-electron chi connectivity index (χ0n) is 22.7. The van der Waals surface area contributed by atoms with Crippen LogP contribution in [0.5, 0.6) is 0 Å². The monoisotopic (exact) mass is 526 g/mol. The number of benzene rings is 5. The minimum absolute atomic E-state index is 0.00465. The Labute approximate surface area is 228 Å². The van der Waals surface area contributed by atoms with Crippen molar-refractivity contribution in [1.82, 2.24) is 0 Å². The molecule has 0 fully saturated rings. The van der Waals surface area contributed by atoms with E-state index < -0.39 is 0 Å². The van der Waals surface area contributed by atoms with Gasteiger partial charge in [0, 0.05) is 23.0 Å². The fourth-order valence-corrected chi connectivity index (χ4v) is 7.66. The molecule has 37 heavy (non-hydrogen) atoms. The Morgan fingerprint density at radius 2 is 0.973 bits per heavy atom. The van der Waals surface area contributed by atoms with Gasteiger partial charge in [0.25, 0.3) is 0 Å². The van der Waals surface area contributed by atoms with Crippen molar-refractivity contribution in [1.29, 1.82) is 0 Å². The van der Waals surface area contributed by atoms with Crippen LogP contribution in [0.15, 0.2) is 54.6 Å². The molecule has 0 spiro atoms. The van der Waals surface area contributed by atoms with E-state index in [0.29, 0.717) is 11.5 Å². The Balaban J connectivity index is 1.51. The van der Waals surface area contributed by atoms with Gasteiger partial charge in [0.2, 0.25) is 0 Å². The molecule has 6 rings (SSSR count). The zero-order chi connectivity index (χ0) is 26.1. The van der Waals surface area contributed by atoms with Crippen molar-refractivity contribution in [3.63, 3.8) is 0 Å². The summed E-state index contributed by atoms with van der Waals surface area (Å²) in [6.45, 7) is 13.5. The van der Waals surface area contributed by atoms with Crippen LogP contribution in [0.25, 0.3) is 32.3 Å². The van der Waals surface area contributed by atoms with Crippen LogP contribution >= 0.6 is 23.5 Å². The zero-order valence-corrected chi connectivity index (χ0v) is 24.4. The number of rotatable bonds is 0. The van der Waals surface area contributed by atoms with Crippen LogP contribution in [0, 0.1) is 5.82 Å². The lowest BCUT2D eigenvalue weighted by molar-refractivity contribution is 0.574. The van der Waals surface area contributed by atoms with Gasteiger partial charge in [0.15, 0.2) is 0 Å². The molecule has 5 aromatic carbocycles. The number of fused-ring (bicyclic) bond motifs is 6. The number of halogens is 1. The first kappa shape index (κ1) is 25.1. The van der Waals surface area contributed by atoms with Gasteiger partial charge in [-0.25, -0.2) is 4.39 Å². The maximum atomic E-state index is 15.5. The van der Waals surface area contributed by atoms with Gasteiger partial charge in [-0.3, -0.25) is 0 Å². The van der Waals surface area contributed by atoms with Crippen LogP contribution in [-0.2, 0) is 33.8 Å². The number of hydrogen-bond donors (Lipinski definition) is 0. The second-order valence-corrected chi connectivity index (χ2v) is 14.7. The first-order valence-corrected chi connectivity index (χ1v) is 15.5. The van der Waals surface area contributed by atoms with Gasteiger partial charge < -0.3 is 0 Å². The van der Waals surface area contributed by atoms with Gasteiger partial charge in [0.1, 0.15) is 5.82 Å². The highest BCUT2D eigenvalue weighted by atomic mass is 32.2. The summed E-state index contributed by atoms with van der Waals surface area (Å²) in [4.78, 5) is 0. The van der Waals surface area contributed by atoms with Crippen LogP contribution < -0.4 is 0 Å². The highest BCUT2D eigenvalue weighted by Crippen LogP contribution is 2.42. The lowest BCUT2D eigenvalue weighted by Gasteiger charge is -2.24. The van der Waals surface area contributed by atoms with E-state index in [-0.39, 0.29) is 16.6 Å². The normalized spacial score (nSPS) is 15.3. The van der Waals surface area contributed by atoms with Crippen LogP contribution in [0.2, 0.25) is 0 Å². The third kappa shape index (κ3) is 4.42. The lowest BCUT2D eigenvalue weighted by Crippen LogP contribution is -2.13. The third-order valence-electron chi connectivity index (χ3n) is 7.87. The summed E-state index contributed by atoms with van der Waals surface area (Å²) < 4.78 is 15.5. The summed E-state index contributed by atoms with van der Waals surface area (Å²) in [5.41, 5.74) is 7.16. The van der Waals surface area contributed by atoms with E-state index in [9.17, 15) is 0 Å². The Morgan fingerprint density at radius 1 is 0.541 bits per heavy atom. The molecular formula is C34H35FS2. The molecular weight excluding hydrogens is 492 g/mol. The highest BCUT2D eigenvalue weighted by molar-refractivity contribution is 7.98. The first-order chi connectivity index (χ1) is 17.5. The maximum absolute atomic E-state index is 15.5. The van der Waals surface area contributed by atoms with Crippen molar-refractivity contribution < 1.29 is 4.39 Å². The van der Waals surface area contributed by atoms with Crippen molar-refractivity contribution in [3.05, 3.63) is 93.8 Å². The Kier molecular flexibility index (Phi) is 6.04. The fourth-order valence-electron chi connectivity index (χ4n) is 5.67. The average molecular weight is 527 g/mol. The molecule has 0 unspecified atom stereocenters. The summed E-state index contributed by atoms with van der Waals surface area (Å²) >= 11 is 3.67. The number of hydrogen-bond acceptors (Lipinski definition) is 2. The van der Waals surface area contributed by atoms with E-state index in [0.717, 1.165) is 22.6 Å². The average Bonchev–Trinajstić information content (AvgIpc) is 2.83. The van der Waals surface area contributed by atoms with Gasteiger partial charge >= 0.3 is 0 Å². The SMILES string of the molecule is CC(C)(C)c1cc2c(F)c(c1)CSCc1cc(c3ccc4cc(C(C)(C)C)cc5ccc1c3c45)CSC2. The van der Waals surface area contributed by atoms with E-state index in [1.165, 1.54) is 54.6 Å². The van der Waals surface area contributed by atoms with Crippen LogP contribution in [0.4, 0.5) is 4.39 Å². The highest BCUT2D eigenvalue weighted by Gasteiger charge is 2.22. The number of thioether (sulfide) groups is 2. The summed E-state index contributed by atoms with van der Waals surface area (Å²) in [7, 11) is 0. The molecule has 5 aromatic rings. The van der Waals surface area contributed by atoms with Gasteiger partial charge in [-0.15, -0.1) is 0 Å². The van der Waals surface area contributed by atoms with E-state index in [4.69, 9.17) is 0 Å². The van der Waals surface area contributed by atoms with Gasteiger partial charge in [-0.2, -0.15) is 23.5 Å². The molecule has 0 atom stereocenters. The van der Waals surface area contributed by atoms with Crippen molar-refractivity contribution in [2.24, 2.45) is 0 Å². The van der Waals surface area contributed by atoms with E-state index >= 15 is 4.39 Å². The molecule has 3 heteroatoms. The standard InChI is InChI=1S/C34H35FS2/c1-33(2,3)26-12-20-7-9-28-22-11-23(29-10-8-21(13-26)30(20)31(28)29)17-37-19-25-15-27(34(4,5)6)14-24(32(25)35)18-36-16-22/h7-15H,16-19H2,1-6H3. The van der Waals surface area contributed by atoms with Crippen molar-refractivity contribution in [3.8, 4) is 0 Å². The topological polar surface area (TPSA) is 0 Å². The Morgan fingerprint density at radius 3 is 1.43 bits per heavy atom. The minimum atomic E-state index is -0.00591. The van der Waals surface area contributed by atoms with Crippen molar-refractivity contribution >= 4 is 55.8 Å². The molecule has 1 aliphatic heterocycles. The van der Waals surface area contributed by atoms with Crippen LogP contribution in [0.3, 0.4) is 0 Å². The molecule has 0 N–H and O–H groups in total. The Bertz CT molecular complexity index is 1550. The van der Waals surface area contributed by atoms with Crippen LogP contribution in [0.1, 0.15) is 74.9 Å².